The fourth-order valence-corrected chi connectivity index (χ4v) is 3.51. The molecule has 28 heavy (non-hydrogen) atoms. The van der Waals surface area contributed by atoms with Crippen molar-refractivity contribution in [3.8, 4) is 11.5 Å². The lowest BCUT2D eigenvalue weighted by Gasteiger charge is -2.23. The third-order valence-electron chi connectivity index (χ3n) is 4.82. The summed E-state index contributed by atoms with van der Waals surface area (Å²) in [5.41, 5.74) is 1.77. The number of carbonyl (C=O) groups excluding carboxylic acids is 1. The molecule has 0 spiro atoms. The number of aryl methyl sites for hydroxylation is 1. The van der Waals surface area contributed by atoms with E-state index in [4.69, 9.17) is 4.74 Å². The molecule has 7 nitrogen and oxygen atoms in total. The van der Waals surface area contributed by atoms with Gasteiger partial charge in [0.2, 0.25) is 5.91 Å². The summed E-state index contributed by atoms with van der Waals surface area (Å²) in [5.74, 6) is 1.22. The molecule has 0 bridgehead atoms. The minimum atomic E-state index is -0.161. The molecule has 144 valence electrons. The second-order valence-corrected chi connectivity index (χ2v) is 6.93. The molecule has 1 aromatic carbocycles. The van der Waals surface area contributed by atoms with Crippen molar-refractivity contribution in [3.05, 3.63) is 66.7 Å². The molecule has 1 N–H and O–H groups in total. The Hall–Kier alpha value is -3.19. The van der Waals surface area contributed by atoms with Crippen molar-refractivity contribution in [2.45, 2.75) is 25.4 Å². The molecule has 4 rings (SSSR count). The van der Waals surface area contributed by atoms with Gasteiger partial charge in [-0.1, -0.05) is 12.1 Å². The van der Waals surface area contributed by atoms with E-state index in [0.717, 1.165) is 31.5 Å². The molecule has 0 unspecified atom stereocenters. The van der Waals surface area contributed by atoms with Crippen LogP contribution in [-0.4, -0.2) is 38.2 Å². The third kappa shape index (κ3) is 4.20. The summed E-state index contributed by atoms with van der Waals surface area (Å²) in [5, 5.41) is 7.26. The molecule has 1 aliphatic heterocycles. The highest BCUT2D eigenvalue weighted by Crippen LogP contribution is 2.30. The maximum Gasteiger partial charge on any atom is 0.241 e. The van der Waals surface area contributed by atoms with Crippen LogP contribution in [0.5, 0.6) is 11.5 Å². The number of likely N-dealkylation sites (tertiary alicyclic amines) is 1. The van der Waals surface area contributed by atoms with E-state index in [9.17, 15) is 4.79 Å². The van der Waals surface area contributed by atoms with Crippen LogP contribution in [0.25, 0.3) is 0 Å². The maximum absolute atomic E-state index is 13.0. The number of pyridine rings is 1. The normalized spacial score (nSPS) is 16.8. The van der Waals surface area contributed by atoms with Gasteiger partial charge in [-0.3, -0.25) is 19.4 Å². The first kappa shape index (κ1) is 18.2. The zero-order valence-corrected chi connectivity index (χ0v) is 15.8. The van der Waals surface area contributed by atoms with Gasteiger partial charge in [0.15, 0.2) is 5.75 Å². The van der Waals surface area contributed by atoms with Gasteiger partial charge in [-0.05, 0) is 43.7 Å². The van der Waals surface area contributed by atoms with E-state index in [1.54, 1.807) is 17.1 Å². The molecule has 1 aliphatic rings. The molecule has 1 fully saturated rings. The lowest BCUT2D eigenvalue weighted by molar-refractivity contribution is -0.120. The van der Waals surface area contributed by atoms with E-state index in [0.29, 0.717) is 17.2 Å². The van der Waals surface area contributed by atoms with Crippen LogP contribution >= 0.6 is 0 Å². The average molecular weight is 377 g/mol. The predicted octanol–water partition coefficient (Wildman–Crippen LogP) is 3.21. The number of hydrogen-bond donors (Lipinski definition) is 1. The highest BCUT2D eigenvalue weighted by molar-refractivity contribution is 5.96. The van der Waals surface area contributed by atoms with Crippen molar-refractivity contribution in [1.29, 1.82) is 0 Å². The van der Waals surface area contributed by atoms with Crippen molar-refractivity contribution in [2.75, 3.05) is 11.9 Å². The molecule has 1 amide bonds. The topological polar surface area (TPSA) is 72.3 Å². The summed E-state index contributed by atoms with van der Waals surface area (Å²) in [7, 11) is 1.90. The van der Waals surface area contributed by atoms with Crippen LogP contribution in [0.3, 0.4) is 0 Å². The zero-order valence-electron chi connectivity index (χ0n) is 15.8. The van der Waals surface area contributed by atoms with Gasteiger partial charge in [0.25, 0.3) is 0 Å². The van der Waals surface area contributed by atoms with Gasteiger partial charge in [-0.15, -0.1) is 0 Å². The number of para-hydroxylation sites is 2. The van der Waals surface area contributed by atoms with Crippen LogP contribution in [0.4, 0.5) is 5.69 Å². The van der Waals surface area contributed by atoms with E-state index in [2.05, 4.69) is 20.3 Å². The average Bonchev–Trinajstić information content (AvgIpc) is 3.33. The second-order valence-electron chi connectivity index (χ2n) is 6.93. The summed E-state index contributed by atoms with van der Waals surface area (Å²) in [6.45, 7) is 1.63. The molecule has 0 aliphatic carbocycles. The Morgan fingerprint density at radius 1 is 1.25 bits per heavy atom. The Kier molecular flexibility index (Phi) is 5.34. The Morgan fingerprint density at radius 3 is 2.93 bits per heavy atom. The van der Waals surface area contributed by atoms with Gasteiger partial charge < -0.3 is 10.1 Å². The molecule has 3 aromatic rings. The first-order valence-electron chi connectivity index (χ1n) is 9.38. The number of nitrogens with zero attached hydrogens (tertiary/aromatic N) is 4. The highest BCUT2D eigenvalue weighted by Gasteiger charge is 2.31. The Morgan fingerprint density at radius 2 is 2.14 bits per heavy atom. The first-order valence-corrected chi connectivity index (χ1v) is 9.38. The molecule has 1 saturated heterocycles. The summed E-state index contributed by atoms with van der Waals surface area (Å²) in [6, 6.07) is 10.9. The number of anilines is 1. The van der Waals surface area contributed by atoms with Crippen molar-refractivity contribution in [3.63, 3.8) is 0 Å². The van der Waals surface area contributed by atoms with Crippen LogP contribution in [0.1, 0.15) is 18.4 Å². The summed E-state index contributed by atoms with van der Waals surface area (Å²) in [4.78, 5) is 19.2. The van der Waals surface area contributed by atoms with Gasteiger partial charge in [-0.25, -0.2) is 0 Å². The smallest absolute Gasteiger partial charge is 0.241 e. The lowest BCUT2D eigenvalue weighted by Crippen LogP contribution is -2.39. The minimum Gasteiger partial charge on any atom is -0.454 e. The fraction of sp³-hybridized carbons (Fsp3) is 0.286. The largest absolute Gasteiger partial charge is 0.454 e. The highest BCUT2D eigenvalue weighted by atomic mass is 16.5. The van der Waals surface area contributed by atoms with E-state index in [-0.39, 0.29) is 11.9 Å². The number of aromatic nitrogens is 3. The monoisotopic (exact) mass is 377 g/mol. The summed E-state index contributed by atoms with van der Waals surface area (Å²) in [6.07, 6.45) is 9.03. The second kappa shape index (κ2) is 8.22. The van der Waals surface area contributed by atoms with E-state index in [1.165, 1.54) is 0 Å². The molecular weight excluding hydrogens is 354 g/mol. The quantitative estimate of drug-likeness (QED) is 0.714. The lowest BCUT2D eigenvalue weighted by atomic mass is 10.2. The van der Waals surface area contributed by atoms with E-state index >= 15 is 0 Å². The summed E-state index contributed by atoms with van der Waals surface area (Å²) < 4.78 is 7.68. The maximum atomic E-state index is 13.0. The molecule has 1 atom stereocenters. The Labute approximate surface area is 164 Å². The molecule has 7 heteroatoms. The van der Waals surface area contributed by atoms with Gasteiger partial charge in [0, 0.05) is 31.5 Å². The van der Waals surface area contributed by atoms with Crippen molar-refractivity contribution in [2.24, 2.45) is 7.05 Å². The molecular formula is C21H23N5O2. The fourth-order valence-electron chi connectivity index (χ4n) is 3.51. The number of benzene rings is 1. The number of carbonyl (C=O) groups is 1. The van der Waals surface area contributed by atoms with Crippen LogP contribution in [0.2, 0.25) is 0 Å². The van der Waals surface area contributed by atoms with Crippen LogP contribution in [-0.2, 0) is 18.4 Å². The van der Waals surface area contributed by atoms with Crippen molar-refractivity contribution >= 4 is 11.6 Å². The Balaban J connectivity index is 1.45. The standard InChI is InChI=1S/C21H23N5O2/c1-25-14-16(12-23-25)15-26-11-5-8-19(26)21(27)24-18-7-2-3-9-20(18)28-17-6-4-10-22-13-17/h2-4,6-7,9-10,12-14,19H,5,8,11,15H2,1H3,(H,24,27)/t19-/m0/s1. The number of rotatable bonds is 6. The van der Waals surface area contributed by atoms with Gasteiger partial charge in [-0.2, -0.15) is 5.10 Å². The first-order chi connectivity index (χ1) is 13.7. The van der Waals surface area contributed by atoms with Crippen LogP contribution in [0.15, 0.2) is 61.2 Å². The van der Waals surface area contributed by atoms with E-state index in [1.807, 2.05) is 55.8 Å². The van der Waals surface area contributed by atoms with Gasteiger partial charge in [0.05, 0.1) is 24.1 Å². The molecule has 2 aromatic heterocycles. The zero-order chi connectivity index (χ0) is 19.3. The summed E-state index contributed by atoms with van der Waals surface area (Å²) >= 11 is 0. The number of hydrogen-bond acceptors (Lipinski definition) is 5. The number of nitrogens with one attached hydrogen (secondary N) is 1. The number of ether oxygens (including phenoxy) is 1. The van der Waals surface area contributed by atoms with Crippen LogP contribution < -0.4 is 10.1 Å². The SMILES string of the molecule is Cn1cc(CN2CCC[C@H]2C(=O)Nc2ccccc2Oc2cccnc2)cn1. The van der Waals surface area contributed by atoms with Gasteiger partial charge >= 0.3 is 0 Å². The third-order valence-corrected chi connectivity index (χ3v) is 4.82. The minimum absolute atomic E-state index is 0.0105. The Bertz CT molecular complexity index is 941. The van der Waals surface area contributed by atoms with E-state index < -0.39 is 0 Å². The van der Waals surface area contributed by atoms with Crippen LogP contribution in [0, 0.1) is 0 Å². The molecule has 3 heterocycles. The van der Waals surface area contributed by atoms with Crippen molar-refractivity contribution in [1.82, 2.24) is 19.7 Å². The predicted molar refractivity (Wildman–Crippen MR) is 106 cm³/mol. The van der Waals surface area contributed by atoms with Crippen molar-refractivity contribution < 1.29 is 9.53 Å². The molecule has 0 radical (unpaired) electrons. The molecule has 0 saturated carbocycles. The number of amides is 1. The van der Waals surface area contributed by atoms with Gasteiger partial charge in [0.1, 0.15) is 5.75 Å².